The van der Waals surface area contributed by atoms with Crippen LogP contribution in [0, 0.1) is 5.92 Å². The quantitative estimate of drug-likeness (QED) is 0.517. The van der Waals surface area contributed by atoms with E-state index in [1.807, 2.05) is 0 Å². The van der Waals surface area contributed by atoms with Gasteiger partial charge in [0.25, 0.3) is 0 Å². The van der Waals surface area contributed by atoms with Crippen molar-refractivity contribution in [3.05, 3.63) is 11.8 Å². The molecule has 1 unspecified atom stereocenters. The van der Waals surface area contributed by atoms with E-state index < -0.39 is 0 Å². The molecule has 0 amide bonds. The van der Waals surface area contributed by atoms with Crippen LogP contribution in [-0.2, 0) is 4.84 Å². The fourth-order valence-corrected chi connectivity index (χ4v) is 1.84. The minimum absolute atomic E-state index is 0.707. The average molecular weight is 212 g/mol. The van der Waals surface area contributed by atoms with Crippen molar-refractivity contribution in [2.45, 2.75) is 33.6 Å². The monoisotopic (exact) mass is 212 g/mol. The van der Waals surface area contributed by atoms with E-state index in [1.165, 1.54) is 12.1 Å². The highest BCUT2D eigenvalue weighted by atomic mass is 16.6. The summed E-state index contributed by atoms with van der Waals surface area (Å²) in [6.45, 7) is 10.6. The van der Waals surface area contributed by atoms with Crippen LogP contribution in [0.25, 0.3) is 0 Å². The number of hydroxylamine groups is 1. The fourth-order valence-electron chi connectivity index (χ4n) is 1.84. The van der Waals surface area contributed by atoms with Gasteiger partial charge in [0, 0.05) is 12.2 Å². The molecule has 1 aliphatic carbocycles. The molecule has 1 atom stereocenters. The van der Waals surface area contributed by atoms with Crippen molar-refractivity contribution in [3.8, 4) is 0 Å². The van der Waals surface area contributed by atoms with E-state index in [0.29, 0.717) is 5.92 Å². The predicted octanol–water partition coefficient (Wildman–Crippen LogP) is 2.16. The van der Waals surface area contributed by atoms with Gasteiger partial charge in [-0.2, -0.15) is 0 Å². The molecule has 0 aromatic heterocycles. The van der Waals surface area contributed by atoms with Gasteiger partial charge in [-0.25, -0.2) is 0 Å². The number of hydrogen-bond acceptors (Lipinski definition) is 3. The Morgan fingerprint density at radius 3 is 2.73 bits per heavy atom. The van der Waals surface area contributed by atoms with E-state index in [4.69, 9.17) is 4.84 Å². The van der Waals surface area contributed by atoms with Crippen molar-refractivity contribution >= 4 is 0 Å². The van der Waals surface area contributed by atoms with Crippen molar-refractivity contribution in [2.24, 2.45) is 5.92 Å². The van der Waals surface area contributed by atoms with E-state index >= 15 is 0 Å². The van der Waals surface area contributed by atoms with Gasteiger partial charge in [0.05, 0.1) is 6.61 Å². The number of likely N-dealkylation sites (N-methyl/N-ethyl adjacent to an activating group) is 1. The first-order valence-corrected chi connectivity index (χ1v) is 6.07. The van der Waals surface area contributed by atoms with Crippen molar-refractivity contribution in [2.75, 3.05) is 26.2 Å². The molecular formula is C12H24N2O. The lowest BCUT2D eigenvalue weighted by molar-refractivity contribution is 0.0452. The Hall–Kier alpha value is -0.540. The van der Waals surface area contributed by atoms with Crippen LogP contribution < -0.4 is 5.48 Å². The average Bonchev–Trinajstić information content (AvgIpc) is 2.65. The maximum atomic E-state index is 5.44. The molecular weight excluding hydrogens is 188 g/mol. The van der Waals surface area contributed by atoms with Gasteiger partial charge in [0.1, 0.15) is 0 Å². The molecule has 0 aromatic carbocycles. The standard InChI is InChI=1S/C12H24N2O/c1-4-14(5-2)8-9-15-13-12-7-6-11(3)10-12/h10-11,13H,4-9H2,1-3H3. The third-order valence-corrected chi connectivity index (χ3v) is 2.96. The lowest BCUT2D eigenvalue weighted by Crippen LogP contribution is -2.29. The lowest BCUT2D eigenvalue weighted by atomic mass is 10.2. The molecule has 88 valence electrons. The Bertz CT molecular complexity index is 200. The Morgan fingerprint density at radius 2 is 2.20 bits per heavy atom. The molecule has 1 N–H and O–H groups in total. The second kappa shape index (κ2) is 6.85. The second-order valence-corrected chi connectivity index (χ2v) is 4.19. The van der Waals surface area contributed by atoms with Crippen molar-refractivity contribution < 1.29 is 4.84 Å². The summed E-state index contributed by atoms with van der Waals surface area (Å²) in [5.41, 5.74) is 4.30. The molecule has 0 bridgehead atoms. The molecule has 0 aromatic rings. The molecule has 0 heterocycles. The zero-order valence-electron chi connectivity index (χ0n) is 10.3. The van der Waals surface area contributed by atoms with E-state index in [2.05, 4.69) is 37.2 Å². The van der Waals surface area contributed by atoms with Gasteiger partial charge in [-0.15, -0.1) is 0 Å². The second-order valence-electron chi connectivity index (χ2n) is 4.19. The highest BCUT2D eigenvalue weighted by Gasteiger charge is 2.10. The molecule has 1 rings (SSSR count). The number of allylic oxidation sites excluding steroid dienone is 2. The van der Waals surface area contributed by atoms with Crippen molar-refractivity contribution in [1.82, 2.24) is 10.4 Å². The van der Waals surface area contributed by atoms with Crippen LogP contribution in [0.4, 0.5) is 0 Å². The SMILES string of the molecule is CCN(CC)CCONC1=CC(C)CC1. The first-order valence-electron chi connectivity index (χ1n) is 6.07. The first kappa shape index (κ1) is 12.5. The summed E-state index contributed by atoms with van der Waals surface area (Å²) in [5.74, 6) is 0.707. The summed E-state index contributed by atoms with van der Waals surface area (Å²) >= 11 is 0. The van der Waals surface area contributed by atoms with Gasteiger partial charge in [0.2, 0.25) is 0 Å². The van der Waals surface area contributed by atoms with Crippen LogP contribution in [0.3, 0.4) is 0 Å². The van der Waals surface area contributed by atoms with Gasteiger partial charge in [-0.3, -0.25) is 10.3 Å². The van der Waals surface area contributed by atoms with Crippen LogP contribution in [-0.4, -0.2) is 31.1 Å². The minimum Gasteiger partial charge on any atom is -0.301 e. The summed E-state index contributed by atoms with van der Waals surface area (Å²) in [6, 6.07) is 0. The van der Waals surface area contributed by atoms with Crippen LogP contribution in [0.2, 0.25) is 0 Å². The Labute approximate surface area is 93.4 Å². The molecule has 0 fully saturated rings. The van der Waals surface area contributed by atoms with Gasteiger partial charge in [-0.1, -0.05) is 26.8 Å². The molecule has 0 saturated carbocycles. The topological polar surface area (TPSA) is 24.5 Å². The molecule has 0 radical (unpaired) electrons. The zero-order chi connectivity index (χ0) is 11.1. The molecule has 1 aliphatic rings. The molecule has 0 aliphatic heterocycles. The van der Waals surface area contributed by atoms with Crippen LogP contribution >= 0.6 is 0 Å². The summed E-state index contributed by atoms with van der Waals surface area (Å²) in [6.07, 6.45) is 4.64. The Balaban J connectivity index is 2.04. The number of nitrogens with zero attached hydrogens (tertiary/aromatic N) is 1. The van der Waals surface area contributed by atoms with Gasteiger partial charge in [0.15, 0.2) is 0 Å². The molecule has 3 nitrogen and oxygen atoms in total. The number of rotatable bonds is 7. The Kier molecular flexibility index (Phi) is 5.73. The molecule has 0 saturated heterocycles. The smallest absolute Gasteiger partial charge is 0.0872 e. The number of nitrogens with one attached hydrogen (secondary N) is 1. The highest BCUT2D eigenvalue weighted by molar-refractivity contribution is 5.06. The summed E-state index contributed by atoms with van der Waals surface area (Å²) in [4.78, 5) is 7.79. The highest BCUT2D eigenvalue weighted by Crippen LogP contribution is 2.20. The number of hydrogen-bond donors (Lipinski definition) is 1. The van der Waals surface area contributed by atoms with Gasteiger partial charge >= 0.3 is 0 Å². The van der Waals surface area contributed by atoms with Crippen molar-refractivity contribution in [3.63, 3.8) is 0 Å². The largest absolute Gasteiger partial charge is 0.301 e. The first-order chi connectivity index (χ1) is 7.26. The minimum atomic E-state index is 0.707. The maximum Gasteiger partial charge on any atom is 0.0872 e. The summed E-state index contributed by atoms with van der Waals surface area (Å²) in [5, 5.41) is 0. The summed E-state index contributed by atoms with van der Waals surface area (Å²) in [7, 11) is 0. The van der Waals surface area contributed by atoms with E-state index in [-0.39, 0.29) is 0 Å². The van der Waals surface area contributed by atoms with Crippen LogP contribution in [0.15, 0.2) is 11.8 Å². The van der Waals surface area contributed by atoms with E-state index in [9.17, 15) is 0 Å². The molecule has 3 heteroatoms. The van der Waals surface area contributed by atoms with Gasteiger partial charge in [-0.05, 0) is 31.8 Å². The normalized spacial score (nSPS) is 20.8. The predicted molar refractivity (Wildman–Crippen MR) is 63.4 cm³/mol. The third kappa shape index (κ3) is 4.67. The van der Waals surface area contributed by atoms with E-state index in [0.717, 1.165) is 32.7 Å². The summed E-state index contributed by atoms with van der Waals surface area (Å²) < 4.78 is 0. The third-order valence-electron chi connectivity index (χ3n) is 2.96. The Morgan fingerprint density at radius 1 is 1.47 bits per heavy atom. The van der Waals surface area contributed by atoms with Crippen molar-refractivity contribution in [1.29, 1.82) is 0 Å². The zero-order valence-corrected chi connectivity index (χ0v) is 10.3. The fraction of sp³-hybridized carbons (Fsp3) is 0.833. The van der Waals surface area contributed by atoms with Crippen LogP contribution in [0.1, 0.15) is 33.6 Å². The van der Waals surface area contributed by atoms with E-state index in [1.54, 1.807) is 0 Å². The maximum absolute atomic E-state index is 5.44. The lowest BCUT2D eigenvalue weighted by Gasteiger charge is -2.17. The molecule has 15 heavy (non-hydrogen) atoms. The molecule has 0 spiro atoms. The van der Waals surface area contributed by atoms with Crippen LogP contribution in [0.5, 0.6) is 0 Å². The van der Waals surface area contributed by atoms with Gasteiger partial charge < -0.3 is 4.90 Å².